The molecule has 1 aromatic carbocycles. The molecule has 2 heterocycles. The van der Waals surface area contributed by atoms with Gasteiger partial charge >= 0.3 is 0 Å². The number of rotatable bonds is 2. The average molecular weight is 271 g/mol. The minimum Gasteiger partial charge on any atom is -0.507 e. The number of amides is 1. The molecule has 0 saturated carbocycles. The highest BCUT2D eigenvalue weighted by atomic mass is 19.1. The Hall–Kier alpha value is -2.96. The van der Waals surface area contributed by atoms with Crippen molar-refractivity contribution in [3.8, 4) is 17.0 Å². The second-order valence-corrected chi connectivity index (χ2v) is 4.12. The number of hydrogen-bond donors (Lipinski definition) is 1. The van der Waals surface area contributed by atoms with E-state index in [2.05, 4.69) is 10.1 Å². The van der Waals surface area contributed by atoms with Crippen LogP contribution < -0.4 is 5.73 Å². The van der Waals surface area contributed by atoms with Crippen molar-refractivity contribution in [3.05, 3.63) is 48.0 Å². The van der Waals surface area contributed by atoms with Gasteiger partial charge in [-0.25, -0.2) is 13.9 Å². The first kappa shape index (κ1) is 12.1. The fourth-order valence-electron chi connectivity index (χ4n) is 2.04. The summed E-state index contributed by atoms with van der Waals surface area (Å²) in [7, 11) is 0. The summed E-state index contributed by atoms with van der Waals surface area (Å²) in [5.41, 5.74) is 7.82. The number of halogens is 1. The van der Waals surface area contributed by atoms with Gasteiger partial charge in [0, 0.05) is 11.6 Å². The lowest BCUT2D eigenvalue weighted by Gasteiger charge is -2.08. The molecule has 3 aromatic rings. The molecule has 1 radical (unpaired) electrons. The summed E-state index contributed by atoms with van der Waals surface area (Å²) in [6, 6.07) is 7.00. The Morgan fingerprint density at radius 2 is 2.15 bits per heavy atom. The van der Waals surface area contributed by atoms with E-state index in [1.54, 1.807) is 6.07 Å². The number of nitrogens with one attached hydrogen (secondary N) is 1. The lowest BCUT2D eigenvalue weighted by Crippen LogP contribution is -2.06. The van der Waals surface area contributed by atoms with E-state index < -0.39 is 11.7 Å². The predicted molar refractivity (Wildman–Crippen MR) is 67.5 cm³/mol. The maximum absolute atomic E-state index is 13.3. The van der Waals surface area contributed by atoms with Crippen molar-refractivity contribution in [3.63, 3.8) is 0 Å². The summed E-state index contributed by atoms with van der Waals surface area (Å²) in [6.45, 7) is 0. The molecule has 20 heavy (non-hydrogen) atoms. The van der Waals surface area contributed by atoms with Gasteiger partial charge in [0.25, 0.3) is 5.91 Å². The van der Waals surface area contributed by atoms with Gasteiger partial charge in [-0.1, -0.05) is 12.1 Å². The molecule has 2 aromatic heterocycles. The summed E-state index contributed by atoms with van der Waals surface area (Å²) in [5.74, 6) is -1.88. The van der Waals surface area contributed by atoms with E-state index in [-0.39, 0.29) is 17.0 Å². The molecule has 0 atom stereocenters. The number of hydrogen-bond acceptors (Lipinski definition) is 4. The fourth-order valence-corrected chi connectivity index (χ4v) is 2.04. The first-order valence-corrected chi connectivity index (χ1v) is 5.65. The monoisotopic (exact) mass is 271 g/mol. The Morgan fingerprint density at radius 1 is 1.35 bits per heavy atom. The first-order valence-electron chi connectivity index (χ1n) is 5.65. The average Bonchev–Trinajstić information content (AvgIpc) is 2.85. The molecule has 2 N–H and O–H groups in total. The smallest absolute Gasteiger partial charge is 0.277 e. The maximum atomic E-state index is 13.3. The van der Waals surface area contributed by atoms with Crippen LogP contribution in [0, 0.1) is 5.82 Å². The van der Waals surface area contributed by atoms with E-state index >= 15 is 0 Å². The van der Waals surface area contributed by atoms with Crippen molar-refractivity contribution in [2.24, 2.45) is 0 Å². The summed E-state index contributed by atoms with van der Waals surface area (Å²) < 4.78 is 14.6. The topological polar surface area (TPSA) is 91.3 Å². The van der Waals surface area contributed by atoms with E-state index in [0.29, 0.717) is 11.3 Å². The van der Waals surface area contributed by atoms with Crippen LogP contribution in [0.4, 0.5) is 4.39 Å². The Labute approximate surface area is 112 Å². The third kappa shape index (κ3) is 1.76. The largest absolute Gasteiger partial charge is 0.507 e. The molecule has 0 aliphatic carbocycles. The summed E-state index contributed by atoms with van der Waals surface area (Å²) in [6.07, 6.45) is 1.20. The van der Waals surface area contributed by atoms with Crippen LogP contribution in [0.2, 0.25) is 0 Å². The van der Waals surface area contributed by atoms with Gasteiger partial charge in [-0.3, -0.25) is 10.5 Å². The van der Waals surface area contributed by atoms with Gasteiger partial charge in [-0.2, -0.15) is 5.10 Å². The quantitative estimate of drug-likeness (QED) is 0.767. The highest BCUT2D eigenvalue weighted by Gasteiger charge is 2.19. The van der Waals surface area contributed by atoms with E-state index in [1.165, 1.54) is 35.1 Å². The number of fused-ring (bicyclic) bond motifs is 1. The Bertz CT molecular complexity index is 828. The van der Waals surface area contributed by atoms with Crippen molar-refractivity contribution in [1.82, 2.24) is 20.3 Å². The molecule has 7 heteroatoms. The molecule has 3 rings (SSSR count). The normalized spacial score (nSPS) is 10.8. The highest BCUT2D eigenvalue weighted by Crippen LogP contribution is 2.29. The van der Waals surface area contributed by atoms with Gasteiger partial charge in [0.05, 0.1) is 5.69 Å². The van der Waals surface area contributed by atoms with Crippen LogP contribution in [0.1, 0.15) is 10.4 Å². The van der Waals surface area contributed by atoms with Crippen LogP contribution in [0.5, 0.6) is 5.75 Å². The summed E-state index contributed by atoms with van der Waals surface area (Å²) >= 11 is 0. The van der Waals surface area contributed by atoms with Gasteiger partial charge in [0.2, 0.25) is 0 Å². The summed E-state index contributed by atoms with van der Waals surface area (Å²) in [4.78, 5) is 15.1. The number of carbonyl (C=O) groups is 1. The molecule has 0 unspecified atom stereocenters. The van der Waals surface area contributed by atoms with Crippen molar-refractivity contribution in [2.75, 3.05) is 0 Å². The number of aromatic hydroxyl groups is 1. The number of pyridine rings is 1. The van der Waals surface area contributed by atoms with Crippen LogP contribution in [0.25, 0.3) is 16.9 Å². The third-order valence-electron chi connectivity index (χ3n) is 2.88. The highest BCUT2D eigenvalue weighted by molar-refractivity contribution is 6.01. The zero-order valence-corrected chi connectivity index (χ0v) is 10.0. The van der Waals surface area contributed by atoms with Crippen LogP contribution >= 0.6 is 0 Å². The molecule has 0 bridgehead atoms. The zero-order valence-electron chi connectivity index (χ0n) is 10.0. The Morgan fingerprint density at radius 3 is 2.85 bits per heavy atom. The number of benzene rings is 1. The fraction of sp³-hybridized carbons (Fsp3) is 0. The molecule has 0 saturated heterocycles. The lowest BCUT2D eigenvalue weighted by molar-refractivity contribution is 0.0990. The molecule has 0 fully saturated rings. The van der Waals surface area contributed by atoms with Gasteiger partial charge in [0.15, 0.2) is 5.65 Å². The predicted octanol–water partition coefficient (Wildman–Crippen LogP) is 1.66. The zero-order chi connectivity index (χ0) is 14.3. The second kappa shape index (κ2) is 4.30. The van der Waals surface area contributed by atoms with Crippen LogP contribution in [-0.4, -0.2) is 25.6 Å². The van der Waals surface area contributed by atoms with Crippen molar-refractivity contribution < 1.29 is 14.3 Å². The van der Waals surface area contributed by atoms with Gasteiger partial charge < -0.3 is 5.11 Å². The first-order chi connectivity index (χ1) is 9.58. The van der Waals surface area contributed by atoms with Gasteiger partial charge in [-0.05, 0) is 12.1 Å². The summed E-state index contributed by atoms with van der Waals surface area (Å²) in [5, 5.41) is 13.8. The molecule has 1 amide bonds. The third-order valence-corrected chi connectivity index (χ3v) is 2.88. The Balaban J connectivity index is 2.36. The van der Waals surface area contributed by atoms with Crippen molar-refractivity contribution in [2.45, 2.75) is 0 Å². The van der Waals surface area contributed by atoms with Gasteiger partial charge in [-0.15, -0.1) is 0 Å². The van der Waals surface area contributed by atoms with E-state index in [4.69, 9.17) is 5.73 Å². The minimum absolute atomic E-state index is 0.0595. The van der Waals surface area contributed by atoms with Crippen molar-refractivity contribution >= 4 is 11.6 Å². The number of carbonyl (C=O) groups excluding carboxylic acids is 1. The number of aromatic nitrogens is 3. The molecule has 0 aliphatic rings. The lowest BCUT2D eigenvalue weighted by atomic mass is 10.1. The molecule has 0 spiro atoms. The van der Waals surface area contributed by atoms with Crippen LogP contribution in [0.15, 0.2) is 36.7 Å². The Kier molecular flexibility index (Phi) is 2.60. The van der Waals surface area contributed by atoms with Gasteiger partial charge in [0.1, 0.15) is 23.5 Å². The van der Waals surface area contributed by atoms with E-state index in [9.17, 15) is 14.3 Å². The minimum atomic E-state index is -1.06. The molecule has 99 valence electrons. The van der Waals surface area contributed by atoms with Crippen LogP contribution in [-0.2, 0) is 0 Å². The second-order valence-electron chi connectivity index (χ2n) is 4.12. The van der Waals surface area contributed by atoms with Crippen molar-refractivity contribution in [1.29, 1.82) is 0 Å². The molecule has 6 nitrogen and oxygen atoms in total. The maximum Gasteiger partial charge on any atom is 0.277 e. The molecular formula is C13H8FN4O2. The molecule has 0 aliphatic heterocycles. The van der Waals surface area contributed by atoms with E-state index in [0.717, 1.165) is 0 Å². The standard InChI is InChI=1S/C13H8FN4O2/c14-8-3-1-2-7(4-8)9-5-10(19)11(12(15)20)13-16-6-17-18(9)13/h1-6,15,19H. The SMILES string of the molecule is [NH]C(=O)c1c(O)cc(-c2cccc(F)c2)n2ncnc12. The molecular weight excluding hydrogens is 263 g/mol. The number of nitrogens with zero attached hydrogens (tertiary/aromatic N) is 3. The van der Waals surface area contributed by atoms with E-state index in [1.807, 2.05) is 0 Å². The van der Waals surface area contributed by atoms with Crippen LogP contribution in [0.3, 0.4) is 0 Å².